The summed E-state index contributed by atoms with van der Waals surface area (Å²) in [5.41, 5.74) is 7.79. The number of carbonyl (C=O) groups excluding carboxylic acids is 1. The Morgan fingerprint density at radius 1 is 1.05 bits per heavy atom. The summed E-state index contributed by atoms with van der Waals surface area (Å²) in [4.78, 5) is 12.2. The van der Waals surface area contributed by atoms with Gasteiger partial charge in [-0.15, -0.1) is 0 Å². The average molecular weight is 284 g/mol. The summed E-state index contributed by atoms with van der Waals surface area (Å²) < 4.78 is 5.12. The molecule has 0 aliphatic carbocycles. The van der Waals surface area contributed by atoms with Crippen molar-refractivity contribution in [3.63, 3.8) is 0 Å². The van der Waals surface area contributed by atoms with Gasteiger partial charge in [0.15, 0.2) is 0 Å². The average Bonchev–Trinajstić information content (AvgIpc) is 2.55. The van der Waals surface area contributed by atoms with Crippen LogP contribution in [0.15, 0.2) is 54.6 Å². The molecule has 0 saturated heterocycles. The molecule has 3 N–H and O–H groups in total. The largest absolute Gasteiger partial charge is 0.497 e. The first-order valence-corrected chi connectivity index (χ1v) is 6.86. The fourth-order valence-corrected chi connectivity index (χ4v) is 2.09. The Kier molecular flexibility index (Phi) is 4.95. The van der Waals surface area contributed by atoms with Gasteiger partial charge in [0, 0.05) is 0 Å². The molecular formula is C17H20N2O2. The predicted molar refractivity (Wildman–Crippen MR) is 82.9 cm³/mol. The number of methoxy groups -OCH3 is 1. The van der Waals surface area contributed by atoms with Gasteiger partial charge in [0.05, 0.1) is 13.2 Å². The molecule has 0 heterocycles. The van der Waals surface area contributed by atoms with Crippen LogP contribution in [0.4, 0.5) is 0 Å². The fraction of sp³-hybridized carbons (Fsp3) is 0.235. The van der Waals surface area contributed by atoms with Gasteiger partial charge in [0.25, 0.3) is 0 Å². The monoisotopic (exact) mass is 284 g/mol. The second kappa shape index (κ2) is 6.90. The molecule has 4 heteroatoms. The van der Waals surface area contributed by atoms with E-state index in [1.165, 1.54) is 0 Å². The van der Waals surface area contributed by atoms with Crippen LogP contribution in [0.25, 0.3) is 0 Å². The number of rotatable bonds is 5. The van der Waals surface area contributed by atoms with Crippen molar-refractivity contribution in [1.29, 1.82) is 0 Å². The van der Waals surface area contributed by atoms with E-state index in [-0.39, 0.29) is 11.9 Å². The summed E-state index contributed by atoms with van der Waals surface area (Å²) in [6, 6.07) is 16.2. The van der Waals surface area contributed by atoms with E-state index in [9.17, 15) is 4.79 Å². The molecule has 2 atom stereocenters. The lowest BCUT2D eigenvalue weighted by Crippen LogP contribution is -2.35. The van der Waals surface area contributed by atoms with Gasteiger partial charge in [0.2, 0.25) is 5.91 Å². The highest BCUT2D eigenvalue weighted by Gasteiger charge is 2.18. The number of amides is 1. The topological polar surface area (TPSA) is 64.3 Å². The summed E-state index contributed by atoms with van der Waals surface area (Å²) in [7, 11) is 1.62. The van der Waals surface area contributed by atoms with E-state index in [4.69, 9.17) is 10.5 Å². The molecule has 0 radical (unpaired) electrons. The van der Waals surface area contributed by atoms with Crippen LogP contribution < -0.4 is 15.8 Å². The lowest BCUT2D eigenvalue weighted by atomic mass is 10.0. The van der Waals surface area contributed by atoms with Crippen LogP contribution >= 0.6 is 0 Å². The number of benzene rings is 2. The Labute approximate surface area is 124 Å². The minimum atomic E-state index is -0.660. The predicted octanol–water partition coefficient (Wildman–Crippen LogP) is 2.57. The fourth-order valence-electron chi connectivity index (χ4n) is 2.09. The molecule has 21 heavy (non-hydrogen) atoms. The quantitative estimate of drug-likeness (QED) is 0.887. The van der Waals surface area contributed by atoms with Crippen molar-refractivity contribution >= 4 is 5.91 Å². The molecule has 0 saturated carbocycles. The number of nitrogens with two attached hydrogens (primary N) is 1. The Balaban J connectivity index is 2.01. The number of ether oxygens (including phenoxy) is 1. The van der Waals surface area contributed by atoms with E-state index < -0.39 is 6.04 Å². The molecule has 4 nitrogen and oxygen atoms in total. The smallest absolute Gasteiger partial charge is 0.241 e. The lowest BCUT2D eigenvalue weighted by molar-refractivity contribution is -0.123. The van der Waals surface area contributed by atoms with Crippen LogP contribution in [0.1, 0.15) is 30.1 Å². The van der Waals surface area contributed by atoms with E-state index in [0.717, 1.165) is 16.9 Å². The van der Waals surface area contributed by atoms with Crippen molar-refractivity contribution in [2.24, 2.45) is 5.73 Å². The maximum atomic E-state index is 12.2. The van der Waals surface area contributed by atoms with E-state index in [2.05, 4.69) is 5.32 Å². The van der Waals surface area contributed by atoms with Crippen LogP contribution in [0.2, 0.25) is 0 Å². The van der Waals surface area contributed by atoms with Crippen LogP contribution in [0, 0.1) is 0 Å². The zero-order valence-electron chi connectivity index (χ0n) is 12.2. The molecule has 0 bridgehead atoms. The van der Waals surface area contributed by atoms with Gasteiger partial charge in [-0.1, -0.05) is 42.5 Å². The van der Waals surface area contributed by atoms with Gasteiger partial charge in [-0.2, -0.15) is 0 Å². The molecule has 1 amide bonds. The van der Waals surface area contributed by atoms with Crippen molar-refractivity contribution in [2.45, 2.75) is 19.0 Å². The summed E-state index contributed by atoms with van der Waals surface area (Å²) in [5.74, 6) is 0.600. The van der Waals surface area contributed by atoms with E-state index in [0.29, 0.717) is 0 Å². The number of nitrogens with one attached hydrogen (secondary N) is 1. The number of hydrogen-bond acceptors (Lipinski definition) is 3. The summed E-state index contributed by atoms with van der Waals surface area (Å²) in [5, 5.41) is 2.93. The molecule has 0 spiro atoms. The zero-order valence-corrected chi connectivity index (χ0v) is 12.2. The van der Waals surface area contributed by atoms with Gasteiger partial charge in [-0.3, -0.25) is 4.79 Å². The molecular weight excluding hydrogens is 264 g/mol. The van der Waals surface area contributed by atoms with Crippen molar-refractivity contribution in [3.8, 4) is 5.75 Å². The summed E-state index contributed by atoms with van der Waals surface area (Å²) in [6.07, 6.45) is 0. The maximum absolute atomic E-state index is 12.2. The van der Waals surface area contributed by atoms with Gasteiger partial charge in [-0.25, -0.2) is 0 Å². The van der Waals surface area contributed by atoms with Gasteiger partial charge >= 0.3 is 0 Å². The van der Waals surface area contributed by atoms with Crippen LogP contribution in [0.5, 0.6) is 5.75 Å². The highest BCUT2D eigenvalue weighted by molar-refractivity contribution is 5.83. The highest BCUT2D eigenvalue weighted by Crippen LogP contribution is 2.18. The summed E-state index contributed by atoms with van der Waals surface area (Å²) in [6.45, 7) is 1.93. The van der Waals surface area contributed by atoms with E-state index in [1.807, 2.05) is 61.5 Å². The van der Waals surface area contributed by atoms with Gasteiger partial charge < -0.3 is 15.8 Å². The standard InChI is InChI=1S/C17H20N2O2/c1-12(13-8-10-15(21-2)11-9-13)19-17(20)16(18)14-6-4-3-5-7-14/h3-12,16H,18H2,1-2H3,(H,19,20)/t12-,16?/m1/s1. The summed E-state index contributed by atoms with van der Waals surface area (Å²) >= 11 is 0. The second-order valence-electron chi connectivity index (χ2n) is 4.89. The minimum absolute atomic E-state index is 0.113. The first-order valence-electron chi connectivity index (χ1n) is 6.86. The molecule has 0 aromatic heterocycles. The van der Waals surface area contributed by atoms with Crippen LogP contribution in [0.3, 0.4) is 0 Å². The SMILES string of the molecule is COc1ccc([C@@H](C)NC(=O)C(N)c2ccccc2)cc1. The number of carbonyl (C=O) groups is 1. The van der Waals surface area contributed by atoms with E-state index in [1.54, 1.807) is 7.11 Å². The Morgan fingerprint density at radius 3 is 2.24 bits per heavy atom. The first kappa shape index (κ1) is 15.1. The van der Waals surface area contributed by atoms with E-state index >= 15 is 0 Å². The third kappa shape index (κ3) is 3.83. The highest BCUT2D eigenvalue weighted by atomic mass is 16.5. The maximum Gasteiger partial charge on any atom is 0.241 e. The second-order valence-corrected chi connectivity index (χ2v) is 4.89. The molecule has 0 aliphatic rings. The minimum Gasteiger partial charge on any atom is -0.497 e. The van der Waals surface area contributed by atoms with Crippen molar-refractivity contribution in [2.75, 3.05) is 7.11 Å². The van der Waals surface area contributed by atoms with Crippen molar-refractivity contribution < 1.29 is 9.53 Å². The molecule has 0 fully saturated rings. The van der Waals surface area contributed by atoms with Gasteiger partial charge in [-0.05, 0) is 30.2 Å². The van der Waals surface area contributed by atoms with Crippen LogP contribution in [-0.2, 0) is 4.79 Å². The normalized spacial score (nSPS) is 13.3. The number of hydrogen-bond donors (Lipinski definition) is 2. The molecule has 110 valence electrons. The molecule has 2 aromatic carbocycles. The zero-order chi connectivity index (χ0) is 15.2. The van der Waals surface area contributed by atoms with Crippen molar-refractivity contribution in [1.82, 2.24) is 5.32 Å². The lowest BCUT2D eigenvalue weighted by Gasteiger charge is -2.18. The Morgan fingerprint density at radius 2 is 1.67 bits per heavy atom. The molecule has 1 unspecified atom stereocenters. The molecule has 2 aromatic rings. The molecule has 2 rings (SSSR count). The third-order valence-corrected chi connectivity index (χ3v) is 3.42. The third-order valence-electron chi connectivity index (χ3n) is 3.42. The van der Waals surface area contributed by atoms with Crippen molar-refractivity contribution in [3.05, 3.63) is 65.7 Å². The Bertz CT molecular complexity index is 581. The Hall–Kier alpha value is -2.33. The molecule has 0 aliphatic heterocycles. The van der Waals surface area contributed by atoms with Gasteiger partial charge in [0.1, 0.15) is 11.8 Å². The first-order chi connectivity index (χ1) is 10.1. The van der Waals surface area contributed by atoms with Crippen LogP contribution in [-0.4, -0.2) is 13.0 Å².